The van der Waals surface area contributed by atoms with Crippen molar-refractivity contribution in [2.75, 3.05) is 31.1 Å². The lowest BCUT2D eigenvalue weighted by molar-refractivity contribution is 0.101. The molecule has 2 aliphatic heterocycles. The van der Waals surface area contributed by atoms with Crippen LogP contribution in [0.25, 0.3) is 0 Å². The average Bonchev–Trinajstić information content (AvgIpc) is 2.76. The number of pyridine rings is 1. The van der Waals surface area contributed by atoms with Crippen molar-refractivity contribution in [3.63, 3.8) is 0 Å². The van der Waals surface area contributed by atoms with Crippen LogP contribution in [-0.2, 0) is 0 Å². The zero-order valence-corrected chi connectivity index (χ0v) is 11.5. The first-order valence-corrected chi connectivity index (χ1v) is 7.20. The van der Waals surface area contributed by atoms with Crippen LogP contribution < -0.4 is 4.90 Å². The quantitative estimate of drug-likeness (QED) is 0.761. The molecule has 2 aliphatic rings. The molecule has 1 aromatic rings. The molecule has 0 aromatic carbocycles. The van der Waals surface area contributed by atoms with Gasteiger partial charge in [0.25, 0.3) is 0 Å². The standard InChI is InChI=1S/C15H21N3O/c1-12(19)13-5-6-16-15(10-13)18-9-3-8-17-7-2-4-14(17)11-18/h5-6,10,14H,2-4,7-9,11H2,1H3. The predicted molar refractivity (Wildman–Crippen MR) is 75.7 cm³/mol. The highest BCUT2D eigenvalue weighted by atomic mass is 16.1. The van der Waals surface area contributed by atoms with Gasteiger partial charge < -0.3 is 4.90 Å². The van der Waals surface area contributed by atoms with Gasteiger partial charge in [-0.3, -0.25) is 9.69 Å². The van der Waals surface area contributed by atoms with Gasteiger partial charge >= 0.3 is 0 Å². The van der Waals surface area contributed by atoms with Gasteiger partial charge in [-0.15, -0.1) is 0 Å². The minimum absolute atomic E-state index is 0.112. The maximum atomic E-state index is 11.5. The third-order valence-electron chi connectivity index (χ3n) is 4.28. The number of hydrogen-bond acceptors (Lipinski definition) is 4. The van der Waals surface area contributed by atoms with Crippen molar-refractivity contribution >= 4 is 11.6 Å². The monoisotopic (exact) mass is 259 g/mol. The highest BCUT2D eigenvalue weighted by molar-refractivity contribution is 5.94. The zero-order chi connectivity index (χ0) is 13.2. The molecule has 4 nitrogen and oxygen atoms in total. The van der Waals surface area contributed by atoms with Crippen molar-refractivity contribution < 1.29 is 4.79 Å². The van der Waals surface area contributed by atoms with Crippen LogP contribution in [0.2, 0.25) is 0 Å². The van der Waals surface area contributed by atoms with Gasteiger partial charge in [0.2, 0.25) is 0 Å². The molecule has 1 atom stereocenters. The first-order valence-electron chi connectivity index (χ1n) is 7.20. The van der Waals surface area contributed by atoms with E-state index in [2.05, 4.69) is 14.8 Å². The van der Waals surface area contributed by atoms with Gasteiger partial charge in [-0.2, -0.15) is 0 Å². The summed E-state index contributed by atoms with van der Waals surface area (Å²) in [6.45, 7) is 6.16. The van der Waals surface area contributed by atoms with Crippen LogP contribution in [-0.4, -0.2) is 47.9 Å². The van der Waals surface area contributed by atoms with Crippen LogP contribution in [0.1, 0.15) is 36.5 Å². The lowest BCUT2D eigenvalue weighted by atomic mass is 10.1. The molecule has 0 radical (unpaired) electrons. The van der Waals surface area contributed by atoms with E-state index in [4.69, 9.17) is 0 Å². The lowest BCUT2D eigenvalue weighted by Gasteiger charge is -2.26. The Labute approximate surface area is 114 Å². The van der Waals surface area contributed by atoms with Gasteiger partial charge in [0.05, 0.1) is 0 Å². The van der Waals surface area contributed by atoms with Crippen molar-refractivity contribution in [1.82, 2.24) is 9.88 Å². The number of Topliss-reactive ketones (excluding diaryl/α,β-unsaturated/α-hetero) is 1. The fraction of sp³-hybridized carbons (Fsp3) is 0.600. The summed E-state index contributed by atoms with van der Waals surface area (Å²) in [4.78, 5) is 20.9. The molecule has 1 unspecified atom stereocenters. The number of hydrogen-bond donors (Lipinski definition) is 0. The maximum absolute atomic E-state index is 11.5. The normalized spacial score (nSPS) is 24.1. The Balaban J connectivity index is 1.80. The van der Waals surface area contributed by atoms with Crippen molar-refractivity contribution in [1.29, 1.82) is 0 Å². The molecular weight excluding hydrogens is 238 g/mol. The minimum Gasteiger partial charge on any atom is -0.355 e. The molecule has 2 fully saturated rings. The Kier molecular flexibility index (Phi) is 3.51. The number of anilines is 1. The summed E-state index contributed by atoms with van der Waals surface area (Å²) in [6, 6.07) is 4.41. The smallest absolute Gasteiger partial charge is 0.159 e. The molecule has 19 heavy (non-hydrogen) atoms. The molecule has 0 saturated carbocycles. The van der Waals surface area contributed by atoms with E-state index in [0.717, 1.165) is 24.5 Å². The van der Waals surface area contributed by atoms with Gasteiger partial charge in [-0.1, -0.05) is 0 Å². The summed E-state index contributed by atoms with van der Waals surface area (Å²) >= 11 is 0. The molecule has 0 spiro atoms. The number of nitrogens with zero attached hydrogens (tertiary/aromatic N) is 3. The molecule has 102 valence electrons. The summed E-state index contributed by atoms with van der Waals surface area (Å²) in [5.74, 6) is 1.07. The Morgan fingerprint density at radius 3 is 3.00 bits per heavy atom. The van der Waals surface area contributed by atoms with E-state index in [1.54, 1.807) is 19.2 Å². The van der Waals surface area contributed by atoms with Crippen molar-refractivity contribution in [2.24, 2.45) is 0 Å². The van der Waals surface area contributed by atoms with E-state index in [1.807, 2.05) is 6.07 Å². The van der Waals surface area contributed by atoms with Crippen molar-refractivity contribution in [3.05, 3.63) is 23.9 Å². The Hall–Kier alpha value is -1.42. The number of fused-ring (bicyclic) bond motifs is 1. The van der Waals surface area contributed by atoms with Crippen LogP contribution in [0.4, 0.5) is 5.82 Å². The zero-order valence-electron chi connectivity index (χ0n) is 11.5. The van der Waals surface area contributed by atoms with E-state index in [9.17, 15) is 4.79 Å². The topological polar surface area (TPSA) is 36.4 Å². The summed E-state index contributed by atoms with van der Waals surface area (Å²) in [5, 5.41) is 0. The molecule has 1 aromatic heterocycles. The molecule has 2 saturated heterocycles. The second-order valence-electron chi connectivity index (χ2n) is 5.59. The minimum atomic E-state index is 0.112. The third-order valence-corrected chi connectivity index (χ3v) is 4.28. The SMILES string of the molecule is CC(=O)c1ccnc(N2CCCN3CCCC3C2)c1. The first-order chi connectivity index (χ1) is 9.24. The van der Waals surface area contributed by atoms with E-state index in [1.165, 1.54) is 32.4 Å². The summed E-state index contributed by atoms with van der Waals surface area (Å²) in [6.07, 6.45) is 5.55. The van der Waals surface area contributed by atoms with Gasteiger partial charge in [0.1, 0.15) is 5.82 Å². The van der Waals surface area contributed by atoms with Crippen LogP contribution in [0.15, 0.2) is 18.3 Å². The van der Waals surface area contributed by atoms with E-state index in [-0.39, 0.29) is 5.78 Å². The molecule has 0 N–H and O–H groups in total. The number of carbonyl (C=O) groups is 1. The maximum Gasteiger partial charge on any atom is 0.159 e. The number of carbonyl (C=O) groups excluding carboxylic acids is 1. The average molecular weight is 259 g/mol. The molecular formula is C15H21N3O. The van der Waals surface area contributed by atoms with Crippen LogP contribution >= 0.6 is 0 Å². The number of rotatable bonds is 2. The van der Waals surface area contributed by atoms with Crippen LogP contribution in [0, 0.1) is 0 Å². The molecule has 0 aliphatic carbocycles. The number of aromatic nitrogens is 1. The highest BCUT2D eigenvalue weighted by Gasteiger charge is 2.29. The molecule has 0 amide bonds. The Morgan fingerprint density at radius 1 is 1.32 bits per heavy atom. The molecule has 3 rings (SSSR count). The highest BCUT2D eigenvalue weighted by Crippen LogP contribution is 2.24. The summed E-state index contributed by atoms with van der Waals surface area (Å²) < 4.78 is 0. The number of ketones is 1. The third kappa shape index (κ3) is 2.63. The fourth-order valence-corrected chi connectivity index (χ4v) is 3.23. The van der Waals surface area contributed by atoms with Gasteiger partial charge in [-0.25, -0.2) is 4.98 Å². The second-order valence-corrected chi connectivity index (χ2v) is 5.59. The van der Waals surface area contributed by atoms with E-state index in [0.29, 0.717) is 6.04 Å². The van der Waals surface area contributed by atoms with Gasteiger partial charge in [0, 0.05) is 37.4 Å². The summed E-state index contributed by atoms with van der Waals surface area (Å²) in [5.41, 5.74) is 0.762. The Morgan fingerprint density at radius 2 is 2.16 bits per heavy atom. The predicted octanol–water partition coefficient (Wildman–Crippen LogP) is 1.96. The first kappa shape index (κ1) is 12.6. The Bertz CT molecular complexity index is 474. The lowest BCUT2D eigenvalue weighted by Crippen LogP contribution is -2.37. The van der Waals surface area contributed by atoms with Gasteiger partial charge in [-0.05, 0) is 44.9 Å². The fourth-order valence-electron chi connectivity index (χ4n) is 3.23. The molecule has 0 bridgehead atoms. The van der Waals surface area contributed by atoms with Crippen LogP contribution in [0.3, 0.4) is 0 Å². The molecule has 3 heterocycles. The van der Waals surface area contributed by atoms with Crippen LogP contribution in [0.5, 0.6) is 0 Å². The van der Waals surface area contributed by atoms with Crippen molar-refractivity contribution in [2.45, 2.75) is 32.2 Å². The van der Waals surface area contributed by atoms with Gasteiger partial charge in [0.15, 0.2) is 5.78 Å². The molecule has 4 heteroatoms. The van der Waals surface area contributed by atoms with E-state index >= 15 is 0 Å². The van der Waals surface area contributed by atoms with E-state index < -0.39 is 0 Å². The second kappa shape index (κ2) is 5.29. The van der Waals surface area contributed by atoms with Crippen molar-refractivity contribution in [3.8, 4) is 0 Å². The largest absolute Gasteiger partial charge is 0.355 e. The summed E-state index contributed by atoms with van der Waals surface area (Å²) in [7, 11) is 0.